The van der Waals surface area contributed by atoms with Crippen LogP contribution in [0, 0.1) is 17.7 Å². The number of nitrogens with two attached hydrogens (primary N) is 1. The summed E-state index contributed by atoms with van der Waals surface area (Å²) in [6.07, 6.45) is 4.20. The molecular weight excluding hydrogens is 255 g/mol. The highest BCUT2D eigenvalue weighted by atomic mass is 19.1. The van der Waals surface area contributed by atoms with Gasteiger partial charge in [0.25, 0.3) is 0 Å². The largest absolute Gasteiger partial charge is 0.492 e. The minimum Gasteiger partial charge on any atom is -0.492 e. The normalized spacial score (nSPS) is 9.70. The van der Waals surface area contributed by atoms with Crippen molar-refractivity contribution in [2.75, 3.05) is 13.2 Å². The summed E-state index contributed by atoms with van der Waals surface area (Å²) in [5.74, 6) is 5.70. The maximum Gasteiger partial charge on any atom is 0.137 e. The molecule has 0 aliphatic carbocycles. The van der Waals surface area contributed by atoms with Crippen molar-refractivity contribution in [2.45, 2.75) is 6.42 Å². The highest BCUT2D eigenvalue weighted by Gasteiger charge is 2.04. The Hall–Kier alpha value is -2.38. The van der Waals surface area contributed by atoms with E-state index in [0.29, 0.717) is 24.3 Å². The first-order valence-electron chi connectivity index (χ1n) is 6.30. The number of hydrogen-bond donors (Lipinski definition) is 1. The number of ether oxygens (including phenoxy) is 1. The number of rotatable bonds is 4. The maximum absolute atomic E-state index is 13.3. The van der Waals surface area contributed by atoms with Crippen molar-refractivity contribution in [2.24, 2.45) is 5.73 Å². The molecule has 0 unspecified atom stereocenters. The number of nitrogens with zero attached hydrogens (tertiary/aromatic N) is 1. The SMILES string of the molecule is NCC#Cc1ccc(F)cc1OCCc1cccnc1. The third-order valence-electron chi connectivity index (χ3n) is 2.64. The predicted octanol–water partition coefficient (Wildman–Crippen LogP) is 2.15. The van der Waals surface area contributed by atoms with Gasteiger partial charge in [-0.3, -0.25) is 4.98 Å². The Morgan fingerprint density at radius 3 is 2.95 bits per heavy atom. The van der Waals surface area contributed by atoms with Crippen molar-refractivity contribution in [1.29, 1.82) is 0 Å². The minimum absolute atomic E-state index is 0.256. The minimum atomic E-state index is -0.348. The van der Waals surface area contributed by atoms with Gasteiger partial charge in [-0.25, -0.2) is 4.39 Å². The van der Waals surface area contributed by atoms with Gasteiger partial charge in [-0.2, -0.15) is 0 Å². The van der Waals surface area contributed by atoms with Crippen molar-refractivity contribution in [3.8, 4) is 17.6 Å². The molecule has 0 saturated heterocycles. The molecular formula is C16H15FN2O. The van der Waals surface area contributed by atoms with Gasteiger partial charge in [0.05, 0.1) is 18.7 Å². The lowest BCUT2D eigenvalue weighted by Crippen LogP contribution is -2.03. The Morgan fingerprint density at radius 1 is 1.30 bits per heavy atom. The molecule has 0 saturated carbocycles. The van der Waals surface area contributed by atoms with Crippen LogP contribution < -0.4 is 10.5 Å². The first-order valence-corrected chi connectivity index (χ1v) is 6.30. The highest BCUT2D eigenvalue weighted by molar-refractivity contribution is 5.46. The Kier molecular flexibility index (Phi) is 5.10. The van der Waals surface area contributed by atoms with Crippen LogP contribution in [0.1, 0.15) is 11.1 Å². The van der Waals surface area contributed by atoms with E-state index >= 15 is 0 Å². The van der Waals surface area contributed by atoms with E-state index in [2.05, 4.69) is 16.8 Å². The van der Waals surface area contributed by atoms with E-state index in [4.69, 9.17) is 10.5 Å². The average molecular weight is 270 g/mol. The summed E-state index contributed by atoms with van der Waals surface area (Å²) < 4.78 is 18.9. The van der Waals surface area contributed by atoms with Gasteiger partial charge in [0.15, 0.2) is 0 Å². The molecule has 0 aliphatic rings. The van der Waals surface area contributed by atoms with Crippen molar-refractivity contribution >= 4 is 0 Å². The molecule has 2 rings (SSSR count). The van der Waals surface area contributed by atoms with E-state index in [9.17, 15) is 4.39 Å². The molecule has 3 nitrogen and oxygen atoms in total. The number of pyridine rings is 1. The molecule has 2 N–H and O–H groups in total. The van der Waals surface area contributed by atoms with Crippen molar-refractivity contribution < 1.29 is 9.13 Å². The standard InChI is InChI=1S/C16H15FN2O/c17-15-6-5-14(4-1-8-18)16(11-15)20-10-7-13-3-2-9-19-12-13/h2-3,5-6,9,11-12H,7-8,10,18H2. The third-order valence-corrected chi connectivity index (χ3v) is 2.64. The van der Waals surface area contributed by atoms with Gasteiger partial charge >= 0.3 is 0 Å². The topological polar surface area (TPSA) is 48.1 Å². The molecule has 1 aromatic carbocycles. The van der Waals surface area contributed by atoms with Crippen LogP contribution in [0.3, 0.4) is 0 Å². The second kappa shape index (κ2) is 7.27. The second-order valence-electron chi connectivity index (χ2n) is 4.11. The fraction of sp³-hybridized carbons (Fsp3) is 0.188. The van der Waals surface area contributed by atoms with Crippen LogP contribution in [-0.2, 0) is 6.42 Å². The second-order valence-corrected chi connectivity index (χ2v) is 4.11. The van der Waals surface area contributed by atoms with E-state index in [1.807, 2.05) is 12.1 Å². The average Bonchev–Trinajstić information content (AvgIpc) is 2.47. The van der Waals surface area contributed by atoms with Crippen molar-refractivity contribution in [3.63, 3.8) is 0 Å². The monoisotopic (exact) mass is 270 g/mol. The summed E-state index contributed by atoms with van der Waals surface area (Å²) in [6.45, 7) is 0.693. The smallest absolute Gasteiger partial charge is 0.137 e. The fourth-order valence-electron chi connectivity index (χ4n) is 1.69. The number of aromatic nitrogens is 1. The molecule has 0 amide bonds. The lowest BCUT2D eigenvalue weighted by atomic mass is 10.2. The number of benzene rings is 1. The first-order chi connectivity index (χ1) is 9.79. The maximum atomic E-state index is 13.3. The van der Waals surface area contributed by atoms with Crippen LogP contribution in [0.5, 0.6) is 5.75 Å². The summed E-state index contributed by atoms with van der Waals surface area (Å²) in [5.41, 5.74) is 7.05. The molecule has 20 heavy (non-hydrogen) atoms. The van der Waals surface area contributed by atoms with Crippen LogP contribution in [0.25, 0.3) is 0 Å². The number of hydrogen-bond acceptors (Lipinski definition) is 3. The molecule has 102 valence electrons. The van der Waals surface area contributed by atoms with E-state index in [-0.39, 0.29) is 12.4 Å². The molecule has 1 heterocycles. The fourth-order valence-corrected chi connectivity index (χ4v) is 1.69. The Labute approximate surface area is 117 Å². The molecule has 0 spiro atoms. The van der Waals surface area contributed by atoms with Gasteiger partial charge in [0, 0.05) is 24.9 Å². The summed E-state index contributed by atoms with van der Waals surface area (Å²) in [7, 11) is 0. The van der Waals surface area contributed by atoms with Crippen molar-refractivity contribution in [1.82, 2.24) is 4.98 Å². The summed E-state index contributed by atoms with van der Waals surface area (Å²) in [6, 6.07) is 8.13. The van der Waals surface area contributed by atoms with Gasteiger partial charge in [0.2, 0.25) is 0 Å². The van der Waals surface area contributed by atoms with E-state index in [1.54, 1.807) is 18.5 Å². The molecule has 0 aliphatic heterocycles. The zero-order chi connectivity index (χ0) is 14.2. The van der Waals surface area contributed by atoms with Gasteiger partial charge < -0.3 is 10.5 Å². The van der Waals surface area contributed by atoms with Crippen molar-refractivity contribution in [3.05, 3.63) is 59.7 Å². The van der Waals surface area contributed by atoms with Crippen LogP contribution in [-0.4, -0.2) is 18.1 Å². The summed E-state index contributed by atoms with van der Waals surface area (Å²) in [5, 5.41) is 0. The summed E-state index contributed by atoms with van der Waals surface area (Å²) in [4.78, 5) is 4.03. The van der Waals surface area contributed by atoms with Crippen LogP contribution in [0.4, 0.5) is 4.39 Å². The van der Waals surface area contributed by atoms with E-state index < -0.39 is 0 Å². The zero-order valence-electron chi connectivity index (χ0n) is 11.0. The molecule has 0 atom stereocenters. The quantitative estimate of drug-likeness (QED) is 0.866. The Balaban J connectivity index is 2.03. The van der Waals surface area contributed by atoms with Gasteiger partial charge in [-0.15, -0.1) is 0 Å². The molecule has 0 bridgehead atoms. The Morgan fingerprint density at radius 2 is 2.20 bits per heavy atom. The molecule has 2 aromatic rings. The van der Waals surface area contributed by atoms with Crippen LogP contribution in [0.2, 0.25) is 0 Å². The van der Waals surface area contributed by atoms with E-state index in [1.165, 1.54) is 12.1 Å². The van der Waals surface area contributed by atoms with E-state index in [0.717, 1.165) is 5.56 Å². The molecule has 4 heteroatoms. The lowest BCUT2D eigenvalue weighted by molar-refractivity contribution is 0.319. The molecule has 0 radical (unpaired) electrons. The third kappa shape index (κ3) is 4.08. The molecule has 1 aromatic heterocycles. The molecule has 0 fully saturated rings. The summed E-state index contributed by atoms with van der Waals surface area (Å²) >= 11 is 0. The van der Waals surface area contributed by atoms with Gasteiger partial charge in [-0.1, -0.05) is 17.9 Å². The lowest BCUT2D eigenvalue weighted by Gasteiger charge is -2.08. The first kappa shape index (κ1) is 14.0. The number of halogens is 1. The van der Waals surface area contributed by atoms with Gasteiger partial charge in [0.1, 0.15) is 11.6 Å². The van der Waals surface area contributed by atoms with Crippen LogP contribution >= 0.6 is 0 Å². The van der Waals surface area contributed by atoms with Gasteiger partial charge in [-0.05, 0) is 23.8 Å². The highest BCUT2D eigenvalue weighted by Crippen LogP contribution is 2.19. The Bertz CT molecular complexity index is 617. The zero-order valence-corrected chi connectivity index (χ0v) is 11.0. The van der Waals surface area contributed by atoms with Crippen LogP contribution in [0.15, 0.2) is 42.7 Å². The predicted molar refractivity (Wildman–Crippen MR) is 75.8 cm³/mol.